The molecule has 0 bridgehead atoms. The molecule has 0 heterocycles. The molecule has 1 aromatic rings. The van der Waals surface area contributed by atoms with Crippen molar-refractivity contribution in [1.82, 2.24) is 5.32 Å². The van der Waals surface area contributed by atoms with Crippen LogP contribution in [0.4, 0.5) is 0 Å². The van der Waals surface area contributed by atoms with Gasteiger partial charge in [0.05, 0.1) is 14.2 Å². The monoisotopic (exact) mass is 328 g/mol. The summed E-state index contributed by atoms with van der Waals surface area (Å²) in [7, 11) is 3.12. The fourth-order valence-electron chi connectivity index (χ4n) is 3.03. The molecule has 5 heteroatoms. The summed E-state index contributed by atoms with van der Waals surface area (Å²) >= 11 is 0. The summed E-state index contributed by atoms with van der Waals surface area (Å²) in [5, 5.41) is 12.4. The van der Waals surface area contributed by atoms with Gasteiger partial charge in [0.15, 0.2) is 0 Å². The van der Waals surface area contributed by atoms with Gasteiger partial charge in [-0.2, -0.15) is 5.26 Å². The smallest absolute Gasteiger partial charge is 0.262 e. The van der Waals surface area contributed by atoms with Crippen LogP contribution < -0.4 is 14.8 Å². The zero-order valence-corrected chi connectivity index (χ0v) is 14.5. The second-order valence-corrected chi connectivity index (χ2v) is 6.12. The highest BCUT2D eigenvalue weighted by atomic mass is 16.5. The van der Waals surface area contributed by atoms with Crippen molar-refractivity contribution in [2.24, 2.45) is 5.92 Å². The number of ether oxygens (including phenoxy) is 2. The molecule has 1 aliphatic rings. The lowest BCUT2D eigenvalue weighted by Gasteiger charge is -2.29. The molecule has 2 atom stereocenters. The van der Waals surface area contributed by atoms with E-state index in [4.69, 9.17) is 9.47 Å². The van der Waals surface area contributed by atoms with Gasteiger partial charge in [0.25, 0.3) is 5.91 Å². The van der Waals surface area contributed by atoms with Crippen LogP contribution in [-0.4, -0.2) is 26.2 Å². The Labute approximate surface area is 143 Å². The number of carbonyl (C=O) groups excluding carboxylic acids is 1. The number of hydrogen-bond acceptors (Lipinski definition) is 4. The van der Waals surface area contributed by atoms with Gasteiger partial charge < -0.3 is 14.8 Å². The van der Waals surface area contributed by atoms with E-state index >= 15 is 0 Å². The van der Waals surface area contributed by atoms with Crippen LogP contribution in [0.15, 0.2) is 23.8 Å². The van der Waals surface area contributed by atoms with Crippen molar-refractivity contribution in [1.29, 1.82) is 5.26 Å². The van der Waals surface area contributed by atoms with E-state index < -0.39 is 0 Å². The Hall–Kier alpha value is -2.48. The zero-order chi connectivity index (χ0) is 17.5. The van der Waals surface area contributed by atoms with Crippen LogP contribution in [-0.2, 0) is 4.79 Å². The molecule has 2 rings (SSSR count). The maximum absolute atomic E-state index is 12.5. The minimum atomic E-state index is -0.332. The Bertz CT molecular complexity index is 661. The molecule has 0 radical (unpaired) electrons. The molecular formula is C19H24N2O3. The number of carbonyl (C=O) groups is 1. The van der Waals surface area contributed by atoms with Crippen LogP contribution in [0.3, 0.4) is 0 Å². The summed E-state index contributed by atoms with van der Waals surface area (Å²) < 4.78 is 10.5. The standard InChI is InChI=1S/C19H24N2O3/c1-13-6-4-5-7-17(13)21-19(22)15(12-20)10-14-11-16(23-2)8-9-18(14)24-3/h8-11,13,17H,4-7H2,1-3H3,(H,21,22)/b15-10+/t13-,17+/m0/s1. The second-order valence-electron chi connectivity index (χ2n) is 6.12. The van der Waals surface area contributed by atoms with Gasteiger partial charge in [-0.3, -0.25) is 4.79 Å². The Balaban J connectivity index is 2.22. The van der Waals surface area contributed by atoms with Gasteiger partial charge in [0.1, 0.15) is 23.1 Å². The first-order valence-electron chi connectivity index (χ1n) is 8.23. The van der Waals surface area contributed by atoms with Crippen LogP contribution in [0.1, 0.15) is 38.2 Å². The average Bonchev–Trinajstić information content (AvgIpc) is 2.61. The molecule has 24 heavy (non-hydrogen) atoms. The van der Waals surface area contributed by atoms with Gasteiger partial charge in [0, 0.05) is 11.6 Å². The molecule has 0 aliphatic heterocycles. The van der Waals surface area contributed by atoms with Crippen molar-refractivity contribution in [2.75, 3.05) is 14.2 Å². The third-order valence-corrected chi connectivity index (χ3v) is 4.53. The van der Waals surface area contributed by atoms with Crippen LogP contribution in [0.25, 0.3) is 6.08 Å². The van der Waals surface area contributed by atoms with Gasteiger partial charge in [-0.1, -0.05) is 19.8 Å². The third kappa shape index (κ3) is 4.29. The molecule has 1 fully saturated rings. The minimum Gasteiger partial charge on any atom is -0.497 e. The predicted molar refractivity (Wildman–Crippen MR) is 92.7 cm³/mol. The number of nitriles is 1. The Morgan fingerprint density at radius 3 is 2.67 bits per heavy atom. The van der Waals surface area contributed by atoms with Crippen molar-refractivity contribution < 1.29 is 14.3 Å². The topological polar surface area (TPSA) is 71.3 Å². The SMILES string of the molecule is COc1ccc(OC)c(/C=C(\C#N)C(=O)N[C@@H]2CCCC[C@@H]2C)c1. The lowest BCUT2D eigenvalue weighted by atomic mass is 9.86. The molecule has 0 aromatic heterocycles. The molecule has 1 amide bonds. The number of amides is 1. The van der Waals surface area contributed by atoms with Gasteiger partial charge in [0.2, 0.25) is 0 Å². The molecule has 1 aliphatic carbocycles. The van der Waals surface area contributed by atoms with Crippen LogP contribution in [0.2, 0.25) is 0 Å². The summed E-state index contributed by atoms with van der Waals surface area (Å²) in [6.45, 7) is 2.14. The molecule has 0 saturated heterocycles. The summed E-state index contributed by atoms with van der Waals surface area (Å²) in [6.07, 6.45) is 5.94. The van der Waals surface area contributed by atoms with E-state index in [1.54, 1.807) is 38.5 Å². The fraction of sp³-hybridized carbons (Fsp3) is 0.474. The molecule has 1 aromatic carbocycles. The van der Waals surface area contributed by atoms with Crippen LogP contribution in [0, 0.1) is 17.2 Å². The molecular weight excluding hydrogens is 304 g/mol. The van der Waals surface area contributed by atoms with Crippen molar-refractivity contribution >= 4 is 12.0 Å². The first-order valence-corrected chi connectivity index (χ1v) is 8.23. The highest BCUT2D eigenvalue weighted by molar-refractivity contribution is 6.02. The fourth-order valence-corrected chi connectivity index (χ4v) is 3.03. The summed E-state index contributed by atoms with van der Waals surface area (Å²) in [6, 6.07) is 7.39. The quantitative estimate of drug-likeness (QED) is 0.665. The number of rotatable bonds is 5. The predicted octanol–water partition coefficient (Wildman–Crippen LogP) is 3.31. The van der Waals surface area contributed by atoms with Crippen molar-refractivity contribution in [3.63, 3.8) is 0 Å². The highest BCUT2D eigenvalue weighted by Crippen LogP contribution is 2.27. The first-order chi connectivity index (χ1) is 11.6. The Kier molecular flexibility index (Phi) is 6.25. The Morgan fingerprint density at radius 2 is 2.04 bits per heavy atom. The zero-order valence-electron chi connectivity index (χ0n) is 14.5. The van der Waals surface area contributed by atoms with Crippen LogP contribution >= 0.6 is 0 Å². The molecule has 0 spiro atoms. The second kappa shape index (κ2) is 8.39. The van der Waals surface area contributed by atoms with E-state index in [0.29, 0.717) is 23.0 Å². The lowest BCUT2D eigenvalue weighted by molar-refractivity contribution is -0.118. The van der Waals surface area contributed by atoms with E-state index in [-0.39, 0.29) is 17.5 Å². The van der Waals surface area contributed by atoms with Gasteiger partial charge >= 0.3 is 0 Å². The molecule has 1 saturated carbocycles. The van der Waals surface area contributed by atoms with Crippen molar-refractivity contribution in [2.45, 2.75) is 38.6 Å². The number of hydrogen-bond donors (Lipinski definition) is 1. The van der Waals surface area contributed by atoms with E-state index in [1.807, 2.05) is 6.07 Å². The summed E-state index contributed by atoms with van der Waals surface area (Å²) in [5.41, 5.74) is 0.708. The molecule has 0 unspecified atom stereocenters. The van der Waals surface area contributed by atoms with E-state index in [0.717, 1.165) is 19.3 Å². The lowest BCUT2D eigenvalue weighted by Crippen LogP contribution is -2.41. The number of nitrogens with one attached hydrogen (secondary N) is 1. The maximum atomic E-state index is 12.5. The molecule has 128 valence electrons. The largest absolute Gasteiger partial charge is 0.497 e. The van der Waals surface area contributed by atoms with Gasteiger partial charge in [-0.15, -0.1) is 0 Å². The number of methoxy groups -OCH3 is 2. The summed E-state index contributed by atoms with van der Waals surface area (Å²) in [4.78, 5) is 12.5. The maximum Gasteiger partial charge on any atom is 0.262 e. The normalized spacial score (nSPS) is 20.8. The first kappa shape index (κ1) is 17.9. The number of nitrogens with zero attached hydrogens (tertiary/aromatic N) is 1. The average molecular weight is 328 g/mol. The van der Waals surface area contributed by atoms with E-state index in [9.17, 15) is 10.1 Å². The third-order valence-electron chi connectivity index (χ3n) is 4.53. The van der Waals surface area contributed by atoms with Gasteiger partial charge in [-0.05, 0) is 43.0 Å². The molecule has 1 N–H and O–H groups in total. The van der Waals surface area contributed by atoms with Crippen molar-refractivity contribution in [3.05, 3.63) is 29.3 Å². The number of benzene rings is 1. The van der Waals surface area contributed by atoms with Crippen molar-refractivity contribution in [3.8, 4) is 17.6 Å². The van der Waals surface area contributed by atoms with Crippen LogP contribution in [0.5, 0.6) is 11.5 Å². The van der Waals surface area contributed by atoms with E-state index in [2.05, 4.69) is 12.2 Å². The summed E-state index contributed by atoms with van der Waals surface area (Å²) in [5.74, 6) is 1.33. The van der Waals surface area contributed by atoms with Gasteiger partial charge in [-0.25, -0.2) is 0 Å². The van der Waals surface area contributed by atoms with E-state index in [1.165, 1.54) is 6.42 Å². The minimum absolute atomic E-state index is 0.0688. The highest BCUT2D eigenvalue weighted by Gasteiger charge is 2.24. The Morgan fingerprint density at radius 1 is 1.29 bits per heavy atom. The molecule has 5 nitrogen and oxygen atoms in total.